The van der Waals surface area contributed by atoms with Crippen molar-refractivity contribution in [3.63, 3.8) is 0 Å². The van der Waals surface area contributed by atoms with Crippen LogP contribution in [0.1, 0.15) is 44.9 Å². The first kappa shape index (κ1) is 10.2. The van der Waals surface area contributed by atoms with Gasteiger partial charge in [-0.1, -0.05) is 12.5 Å². The predicted molar refractivity (Wildman–Crippen MR) is 61.4 cm³/mol. The smallest absolute Gasteiger partial charge is 0.00956 e. The highest BCUT2D eigenvalue weighted by Crippen LogP contribution is 2.29. The van der Waals surface area contributed by atoms with Crippen LogP contribution in [0.3, 0.4) is 0 Å². The minimum atomic E-state index is 0.816. The third kappa shape index (κ3) is 2.38. The van der Waals surface area contributed by atoms with Gasteiger partial charge in [0.05, 0.1) is 0 Å². The van der Waals surface area contributed by atoms with Gasteiger partial charge in [-0.05, 0) is 57.5 Å². The molecule has 2 rings (SSSR count). The summed E-state index contributed by atoms with van der Waals surface area (Å²) in [4.78, 5) is 2.74. The van der Waals surface area contributed by atoms with Crippen molar-refractivity contribution in [1.82, 2.24) is 4.90 Å². The Kier molecular flexibility index (Phi) is 3.63. The first-order chi connectivity index (χ1) is 6.90. The molecule has 2 fully saturated rings. The first-order valence-electron chi connectivity index (χ1n) is 6.27. The highest BCUT2D eigenvalue weighted by Gasteiger charge is 2.25. The third-order valence-electron chi connectivity index (χ3n) is 3.98. The van der Waals surface area contributed by atoms with Crippen LogP contribution in [0.4, 0.5) is 0 Å². The summed E-state index contributed by atoms with van der Waals surface area (Å²) in [6.07, 6.45) is 12.1. The largest absolute Gasteiger partial charge is 0.300 e. The van der Waals surface area contributed by atoms with Gasteiger partial charge in [0.1, 0.15) is 0 Å². The zero-order valence-corrected chi connectivity index (χ0v) is 9.25. The van der Waals surface area contributed by atoms with E-state index >= 15 is 0 Å². The lowest BCUT2D eigenvalue weighted by Gasteiger charge is -2.38. The molecule has 1 heterocycles. The number of hydrogen-bond acceptors (Lipinski definition) is 1. The van der Waals surface area contributed by atoms with Crippen LogP contribution in [-0.4, -0.2) is 24.0 Å². The van der Waals surface area contributed by atoms with Gasteiger partial charge >= 0.3 is 0 Å². The predicted octanol–water partition coefficient (Wildman–Crippen LogP) is 3.22. The maximum atomic E-state index is 3.91. The molecule has 0 unspecified atom stereocenters. The van der Waals surface area contributed by atoms with Crippen molar-refractivity contribution in [2.75, 3.05) is 13.1 Å². The van der Waals surface area contributed by atoms with E-state index in [4.69, 9.17) is 0 Å². The zero-order chi connectivity index (χ0) is 9.80. The normalized spacial score (nSPS) is 35.4. The van der Waals surface area contributed by atoms with Crippen molar-refractivity contribution >= 4 is 0 Å². The lowest BCUT2D eigenvalue weighted by Crippen LogP contribution is -2.41. The second kappa shape index (κ2) is 4.97. The van der Waals surface area contributed by atoms with Crippen LogP contribution >= 0.6 is 0 Å². The van der Waals surface area contributed by atoms with Crippen LogP contribution in [-0.2, 0) is 0 Å². The van der Waals surface area contributed by atoms with Gasteiger partial charge in [-0.25, -0.2) is 0 Å². The Bertz CT molecular complexity index is 174. The summed E-state index contributed by atoms with van der Waals surface area (Å²) in [7, 11) is 0. The molecule has 0 bridgehead atoms. The number of hydrogen-bond donors (Lipinski definition) is 0. The zero-order valence-electron chi connectivity index (χ0n) is 9.25. The van der Waals surface area contributed by atoms with Crippen LogP contribution in [0.25, 0.3) is 0 Å². The van der Waals surface area contributed by atoms with Crippen LogP contribution < -0.4 is 0 Å². The van der Waals surface area contributed by atoms with E-state index in [1.807, 2.05) is 0 Å². The number of piperidine rings is 1. The molecule has 0 radical (unpaired) electrons. The Morgan fingerprint density at radius 2 is 1.57 bits per heavy atom. The molecular weight excluding hydrogens is 170 g/mol. The number of allylic oxidation sites excluding steroid dienone is 1. The van der Waals surface area contributed by atoms with E-state index in [2.05, 4.69) is 17.6 Å². The summed E-state index contributed by atoms with van der Waals surface area (Å²) >= 11 is 0. The van der Waals surface area contributed by atoms with Crippen molar-refractivity contribution in [1.29, 1.82) is 0 Å². The molecule has 14 heavy (non-hydrogen) atoms. The van der Waals surface area contributed by atoms with Gasteiger partial charge in [0.25, 0.3) is 0 Å². The quantitative estimate of drug-likeness (QED) is 0.609. The fraction of sp³-hybridized carbons (Fsp3) is 0.846. The fourth-order valence-corrected chi connectivity index (χ4v) is 2.99. The van der Waals surface area contributed by atoms with Crippen molar-refractivity contribution in [3.8, 4) is 0 Å². The first-order valence-corrected chi connectivity index (χ1v) is 6.27. The second-order valence-electron chi connectivity index (χ2n) is 4.90. The second-order valence-corrected chi connectivity index (χ2v) is 4.90. The van der Waals surface area contributed by atoms with Crippen molar-refractivity contribution in [3.05, 3.63) is 12.7 Å². The molecule has 1 aliphatic heterocycles. The van der Waals surface area contributed by atoms with Crippen molar-refractivity contribution in [2.45, 2.75) is 51.0 Å². The lowest BCUT2D eigenvalue weighted by molar-refractivity contribution is 0.122. The topological polar surface area (TPSA) is 3.24 Å². The monoisotopic (exact) mass is 193 g/mol. The minimum absolute atomic E-state index is 0.816. The van der Waals surface area contributed by atoms with Crippen LogP contribution in [0.15, 0.2) is 12.7 Å². The molecule has 2 aliphatic rings. The maximum Gasteiger partial charge on any atom is 0.00956 e. The van der Waals surface area contributed by atoms with E-state index in [0.29, 0.717) is 0 Å². The molecule has 0 amide bonds. The molecule has 80 valence electrons. The Morgan fingerprint density at radius 1 is 0.929 bits per heavy atom. The standard InChI is InChI=1S/C13H23N/c1-2-12-6-8-13(9-7-12)14-10-4-3-5-11-14/h2,12-13H,1,3-11H2. The van der Waals surface area contributed by atoms with E-state index in [9.17, 15) is 0 Å². The maximum absolute atomic E-state index is 3.91. The highest BCUT2D eigenvalue weighted by molar-refractivity contribution is 4.87. The molecule has 1 heteroatoms. The van der Waals surface area contributed by atoms with Crippen LogP contribution in [0.5, 0.6) is 0 Å². The number of likely N-dealkylation sites (tertiary alicyclic amines) is 1. The molecule has 1 nitrogen and oxygen atoms in total. The Morgan fingerprint density at radius 3 is 2.14 bits per heavy atom. The molecule has 0 spiro atoms. The van der Waals surface area contributed by atoms with Crippen LogP contribution in [0.2, 0.25) is 0 Å². The summed E-state index contributed by atoms with van der Waals surface area (Å²) in [6.45, 7) is 6.64. The van der Waals surface area contributed by atoms with E-state index in [-0.39, 0.29) is 0 Å². The summed E-state index contributed by atoms with van der Waals surface area (Å²) < 4.78 is 0. The van der Waals surface area contributed by atoms with E-state index in [1.165, 1.54) is 58.0 Å². The molecular formula is C13H23N. The molecule has 0 aromatic rings. The lowest BCUT2D eigenvalue weighted by atomic mass is 9.85. The highest BCUT2D eigenvalue weighted by atomic mass is 15.2. The summed E-state index contributed by atoms with van der Waals surface area (Å²) in [6, 6.07) is 0.909. The van der Waals surface area contributed by atoms with Gasteiger partial charge in [-0.3, -0.25) is 0 Å². The molecule has 1 aliphatic carbocycles. The summed E-state index contributed by atoms with van der Waals surface area (Å²) in [5, 5.41) is 0. The van der Waals surface area contributed by atoms with Crippen LogP contribution in [0, 0.1) is 5.92 Å². The Labute approximate surface area is 88.2 Å². The SMILES string of the molecule is C=CC1CCC(N2CCCCC2)CC1. The number of nitrogens with zero attached hydrogens (tertiary/aromatic N) is 1. The van der Waals surface area contributed by atoms with Crippen molar-refractivity contribution < 1.29 is 0 Å². The van der Waals surface area contributed by atoms with Gasteiger partial charge < -0.3 is 4.90 Å². The Balaban J connectivity index is 1.78. The minimum Gasteiger partial charge on any atom is -0.300 e. The van der Waals surface area contributed by atoms with E-state index < -0.39 is 0 Å². The third-order valence-corrected chi connectivity index (χ3v) is 3.98. The average Bonchev–Trinajstić information content (AvgIpc) is 2.30. The van der Waals surface area contributed by atoms with Gasteiger partial charge in [-0.15, -0.1) is 6.58 Å². The molecule has 1 saturated carbocycles. The van der Waals surface area contributed by atoms with Crippen molar-refractivity contribution in [2.24, 2.45) is 5.92 Å². The molecule has 0 N–H and O–H groups in total. The Hall–Kier alpha value is -0.300. The van der Waals surface area contributed by atoms with Gasteiger partial charge in [0.15, 0.2) is 0 Å². The number of rotatable bonds is 2. The van der Waals surface area contributed by atoms with Gasteiger partial charge in [0, 0.05) is 6.04 Å². The average molecular weight is 193 g/mol. The summed E-state index contributed by atoms with van der Waals surface area (Å²) in [5.41, 5.74) is 0. The summed E-state index contributed by atoms with van der Waals surface area (Å²) in [5.74, 6) is 0.816. The van der Waals surface area contributed by atoms with Gasteiger partial charge in [0.2, 0.25) is 0 Å². The fourth-order valence-electron chi connectivity index (χ4n) is 2.99. The molecule has 0 atom stereocenters. The van der Waals surface area contributed by atoms with Gasteiger partial charge in [-0.2, -0.15) is 0 Å². The molecule has 0 aromatic carbocycles. The van der Waals surface area contributed by atoms with E-state index in [0.717, 1.165) is 12.0 Å². The molecule has 0 aromatic heterocycles. The molecule has 1 saturated heterocycles. The van der Waals surface area contributed by atoms with E-state index in [1.54, 1.807) is 0 Å².